The molecule has 1 atom stereocenters. The Bertz CT molecular complexity index is 1080. The molecule has 3 rings (SSSR count). The van der Waals surface area contributed by atoms with E-state index in [1.54, 1.807) is 37.3 Å². The Hall–Kier alpha value is -3.56. The van der Waals surface area contributed by atoms with Crippen LogP contribution in [-0.2, 0) is 16.1 Å². The van der Waals surface area contributed by atoms with Crippen molar-refractivity contribution in [2.75, 3.05) is 0 Å². The molecular formula is C24H20N2O3S. The molecule has 30 heavy (non-hydrogen) atoms. The molecule has 0 heterocycles. The largest absolute Gasteiger partial charge is 0.449 e. The highest BCUT2D eigenvalue weighted by Gasteiger charge is 2.21. The lowest BCUT2D eigenvalue weighted by Gasteiger charge is -2.15. The molecule has 6 heteroatoms. The van der Waals surface area contributed by atoms with E-state index in [0.717, 1.165) is 10.5 Å². The zero-order valence-corrected chi connectivity index (χ0v) is 17.2. The van der Waals surface area contributed by atoms with E-state index in [0.29, 0.717) is 22.6 Å². The zero-order valence-electron chi connectivity index (χ0n) is 16.4. The lowest BCUT2D eigenvalue weighted by atomic mass is 10.2. The van der Waals surface area contributed by atoms with Crippen molar-refractivity contribution < 1.29 is 14.3 Å². The lowest BCUT2D eigenvalue weighted by Crippen LogP contribution is -2.35. The summed E-state index contributed by atoms with van der Waals surface area (Å²) in [5.74, 6) is -0.956. The third-order valence-corrected chi connectivity index (χ3v) is 5.45. The van der Waals surface area contributed by atoms with Crippen molar-refractivity contribution in [3.63, 3.8) is 0 Å². The molecule has 0 aliphatic carbocycles. The van der Waals surface area contributed by atoms with Crippen molar-refractivity contribution in [2.45, 2.75) is 29.4 Å². The van der Waals surface area contributed by atoms with Crippen LogP contribution >= 0.6 is 11.8 Å². The molecule has 0 spiro atoms. The first-order valence-electron chi connectivity index (χ1n) is 9.37. The van der Waals surface area contributed by atoms with E-state index in [4.69, 9.17) is 4.74 Å². The highest BCUT2D eigenvalue weighted by atomic mass is 32.2. The number of nitrogens with one attached hydrogen (secondary N) is 1. The van der Waals surface area contributed by atoms with E-state index in [1.165, 1.54) is 11.8 Å². The summed E-state index contributed by atoms with van der Waals surface area (Å²) in [6.07, 6.45) is -0.939. The van der Waals surface area contributed by atoms with Gasteiger partial charge in [-0.05, 0) is 36.8 Å². The van der Waals surface area contributed by atoms with Crippen LogP contribution in [0.25, 0.3) is 0 Å². The number of benzene rings is 3. The van der Waals surface area contributed by atoms with Crippen LogP contribution in [0.1, 0.15) is 28.4 Å². The SMILES string of the molecule is C[C@@H](OC(=O)c1ccccc1Sc1ccccc1C#N)C(=O)NCc1ccccc1. The van der Waals surface area contributed by atoms with Crippen LogP contribution in [0.3, 0.4) is 0 Å². The standard InChI is InChI=1S/C24H20N2O3S/c1-17(23(27)26-16-18-9-3-2-4-10-18)29-24(28)20-12-6-8-14-22(20)30-21-13-7-5-11-19(21)15-25/h2-14,17H,16H2,1H3,(H,26,27)/t17-/m1/s1. The van der Waals surface area contributed by atoms with Crippen molar-refractivity contribution in [3.05, 3.63) is 95.6 Å². The predicted octanol–water partition coefficient (Wildman–Crippen LogP) is 4.57. The summed E-state index contributed by atoms with van der Waals surface area (Å²) >= 11 is 1.31. The van der Waals surface area contributed by atoms with Gasteiger partial charge in [0.15, 0.2) is 6.10 Å². The maximum atomic E-state index is 12.7. The van der Waals surface area contributed by atoms with Gasteiger partial charge in [0.25, 0.3) is 5.91 Å². The van der Waals surface area contributed by atoms with Gasteiger partial charge < -0.3 is 10.1 Å². The van der Waals surface area contributed by atoms with Gasteiger partial charge in [-0.2, -0.15) is 5.26 Å². The lowest BCUT2D eigenvalue weighted by molar-refractivity contribution is -0.129. The minimum atomic E-state index is -0.939. The van der Waals surface area contributed by atoms with Crippen LogP contribution in [0, 0.1) is 11.3 Å². The Morgan fingerprint density at radius 2 is 1.60 bits per heavy atom. The smallest absolute Gasteiger partial charge is 0.340 e. The first-order chi connectivity index (χ1) is 14.6. The predicted molar refractivity (Wildman–Crippen MR) is 115 cm³/mol. The zero-order chi connectivity index (χ0) is 21.3. The number of carbonyl (C=O) groups excluding carboxylic acids is 2. The van der Waals surface area contributed by atoms with Crippen LogP contribution in [-0.4, -0.2) is 18.0 Å². The van der Waals surface area contributed by atoms with Gasteiger partial charge in [-0.3, -0.25) is 4.79 Å². The maximum absolute atomic E-state index is 12.7. The minimum absolute atomic E-state index is 0.345. The van der Waals surface area contributed by atoms with Gasteiger partial charge in [0, 0.05) is 16.3 Å². The second-order valence-electron chi connectivity index (χ2n) is 6.46. The molecule has 0 unspecified atom stereocenters. The number of esters is 1. The Kier molecular flexibility index (Phi) is 7.25. The molecule has 0 aliphatic heterocycles. The van der Waals surface area contributed by atoms with Crippen LogP contribution in [0.2, 0.25) is 0 Å². The van der Waals surface area contributed by atoms with E-state index in [1.807, 2.05) is 48.5 Å². The normalized spacial score (nSPS) is 11.2. The number of ether oxygens (including phenoxy) is 1. The van der Waals surface area contributed by atoms with E-state index in [-0.39, 0.29) is 5.91 Å². The second kappa shape index (κ2) is 10.3. The first-order valence-corrected chi connectivity index (χ1v) is 10.2. The molecule has 3 aromatic carbocycles. The van der Waals surface area contributed by atoms with Crippen molar-refractivity contribution >= 4 is 23.6 Å². The van der Waals surface area contributed by atoms with Gasteiger partial charge in [-0.25, -0.2) is 4.79 Å². The highest BCUT2D eigenvalue weighted by molar-refractivity contribution is 7.99. The molecule has 0 fully saturated rings. The van der Waals surface area contributed by atoms with Gasteiger partial charge in [0.2, 0.25) is 0 Å². The highest BCUT2D eigenvalue weighted by Crippen LogP contribution is 2.33. The summed E-state index contributed by atoms with van der Waals surface area (Å²) in [7, 11) is 0. The van der Waals surface area contributed by atoms with Crippen molar-refractivity contribution in [3.8, 4) is 6.07 Å². The third kappa shape index (κ3) is 5.49. The van der Waals surface area contributed by atoms with Gasteiger partial charge in [0.1, 0.15) is 6.07 Å². The molecule has 3 aromatic rings. The van der Waals surface area contributed by atoms with Crippen LogP contribution < -0.4 is 5.32 Å². The number of carbonyl (C=O) groups is 2. The topological polar surface area (TPSA) is 79.2 Å². The number of nitrogens with zero attached hydrogens (tertiary/aromatic N) is 1. The van der Waals surface area contributed by atoms with Gasteiger partial charge in [-0.1, -0.05) is 66.4 Å². The van der Waals surface area contributed by atoms with Crippen molar-refractivity contribution in [1.82, 2.24) is 5.32 Å². The molecule has 0 bridgehead atoms. The number of rotatable bonds is 7. The molecule has 1 amide bonds. The summed E-state index contributed by atoms with van der Waals surface area (Å²) in [6.45, 7) is 1.90. The van der Waals surface area contributed by atoms with E-state index in [9.17, 15) is 14.9 Å². The first kappa shape index (κ1) is 21.2. The quantitative estimate of drug-likeness (QED) is 0.571. The molecule has 0 aliphatic rings. The average Bonchev–Trinajstić information content (AvgIpc) is 2.78. The summed E-state index contributed by atoms with van der Waals surface area (Å²) in [6, 6.07) is 25.8. The molecule has 1 N–H and O–H groups in total. The number of hydrogen-bond acceptors (Lipinski definition) is 5. The summed E-state index contributed by atoms with van der Waals surface area (Å²) in [4.78, 5) is 26.4. The molecule has 0 radical (unpaired) electrons. The minimum Gasteiger partial charge on any atom is -0.449 e. The summed E-state index contributed by atoms with van der Waals surface area (Å²) in [5, 5.41) is 12.1. The average molecular weight is 417 g/mol. The van der Waals surface area contributed by atoms with E-state index >= 15 is 0 Å². The number of hydrogen-bond donors (Lipinski definition) is 1. The summed E-state index contributed by atoms with van der Waals surface area (Å²) in [5.41, 5.74) is 1.83. The Morgan fingerprint density at radius 1 is 0.967 bits per heavy atom. The number of nitriles is 1. The monoisotopic (exact) mass is 416 g/mol. The fourth-order valence-corrected chi connectivity index (χ4v) is 3.71. The number of amides is 1. The third-order valence-electron chi connectivity index (χ3n) is 4.30. The van der Waals surface area contributed by atoms with Crippen LogP contribution in [0.5, 0.6) is 0 Å². The van der Waals surface area contributed by atoms with Crippen molar-refractivity contribution in [2.24, 2.45) is 0 Å². The van der Waals surface area contributed by atoms with E-state index in [2.05, 4.69) is 11.4 Å². The van der Waals surface area contributed by atoms with Crippen LogP contribution in [0.15, 0.2) is 88.7 Å². The molecular weight excluding hydrogens is 396 g/mol. The summed E-state index contributed by atoms with van der Waals surface area (Å²) < 4.78 is 5.39. The second-order valence-corrected chi connectivity index (χ2v) is 7.54. The Balaban J connectivity index is 1.66. The van der Waals surface area contributed by atoms with E-state index < -0.39 is 12.1 Å². The molecule has 0 saturated heterocycles. The Morgan fingerprint density at radius 3 is 2.33 bits per heavy atom. The molecule has 0 aromatic heterocycles. The Labute approximate surface area is 179 Å². The molecule has 5 nitrogen and oxygen atoms in total. The maximum Gasteiger partial charge on any atom is 0.340 e. The van der Waals surface area contributed by atoms with Gasteiger partial charge in [-0.15, -0.1) is 0 Å². The van der Waals surface area contributed by atoms with Crippen LogP contribution in [0.4, 0.5) is 0 Å². The molecule has 0 saturated carbocycles. The van der Waals surface area contributed by atoms with Crippen molar-refractivity contribution in [1.29, 1.82) is 5.26 Å². The van der Waals surface area contributed by atoms with Gasteiger partial charge in [0.05, 0.1) is 11.1 Å². The van der Waals surface area contributed by atoms with Gasteiger partial charge >= 0.3 is 5.97 Å². The fraction of sp³-hybridized carbons (Fsp3) is 0.125. The molecule has 150 valence electrons. The fourth-order valence-electron chi connectivity index (χ4n) is 2.70.